The molecule has 1 aromatic heterocycles. The van der Waals surface area contributed by atoms with Gasteiger partial charge in [-0.25, -0.2) is 9.97 Å². The van der Waals surface area contributed by atoms with Gasteiger partial charge in [-0.1, -0.05) is 39.5 Å². The number of nitrogens with one attached hydrogen (secondary N) is 1. The molecule has 0 amide bonds. The Morgan fingerprint density at radius 3 is 2.65 bits per heavy atom. The zero-order valence-corrected chi connectivity index (χ0v) is 13.6. The van der Waals surface area contributed by atoms with Gasteiger partial charge in [0.1, 0.15) is 16.7 Å². The summed E-state index contributed by atoms with van der Waals surface area (Å²) in [5, 5.41) is 4.05. The smallest absolute Gasteiger partial charge is 0.316 e. The molecule has 0 bridgehead atoms. The third-order valence-electron chi connectivity index (χ3n) is 2.50. The van der Waals surface area contributed by atoms with Crippen molar-refractivity contribution in [1.29, 1.82) is 0 Å². The molecule has 1 N–H and O–H groups in total. The number of methoxy groups -OCH3 is 1. The average Bonchev–Trinajstić information content (AvgIpc) is 2.41. The molecular formula is C14H23N3O2S. The molecule has 0 saturated carbocycles. The van der Waals surface area contributed by atoms with Crippen LogP contribution in [0.1, 0.15) is 39.9 Å². The molecule has 20 heavy (non-hydrogen) atoms. The first-order valence-corrected chi connectivity index (χ1v) is 7.68. The van der Waals surface area contributed by atoms with Gasteiger partial charge in [0, 0.05) is 18.0 Å². The first-order chi connectivity index (χ1) is 9.36. The molecule has 0 radical (unpaired) electrons. The fraction of sp³-hybridized carbons (Fsp3) is 0.643. The van der Waals surface area contributed by atoms with Crippen LogP contribution in [-0.4, -0.2) is 35.3 Å². The first kappa shape index (κ1) is 16.8. The molecule has 0 aromatic carbocycles. The first-order valence-electron chi connectivity index (χ1n) is 6.70. The Kier molecular flexibility index (Phi) is 6.26. The van der Waals surface area contributed by atoms with Crippen LogP contribution >= 0.6 is 11.8 Å². The van der Waals surface area contributed by atoms with E-state index in [0.717, 1.165) is 29.6 Å². The number of anilines is 1. The van der Waals surface area contributed by atoms with Gasteiger partial charge >= 0.3 is 5.97 Å². The van der Waals surface area contributed by atoms with E-state index in [1.165, 1.54) is 18.9 Å². The lowest BCUT2D eigenvalue weighted by Gasteiger charge is -2.18. The van der Waals surface area contributed by atoms with Crippen LogP contribution in [0.15, 0.2) is 11.1 Å². The number of rotatable bonds is 6. The van der Waals surface area contributed by atoms with Crippen molar-refractivity contribution in [1.82, 2.24) is 9.97 Å². The Balaban J connectivity index is 2.94. The maximum Gasteiger partial charge on any atom is 0.316 e. The van der Waals surface area contributed by atoms with Crippen molar-refractivity contribution in [3.05, 3.63) is 11.9 Å². The summed E-state index contributed by atoms with van der Waals surface area (Å²) in [7, 11) is 1.39. The third-order valence-corrected chi connectivity index (χ3v) is 3.38. The number of aromatic nitrogens is 2. The van der Waals surface area contributed by atoms with E-state index in [1.807, 2.05) is 6.07 Å². The van der Waals surface area contributed by atoms with E-state index in [-0.39, 0.29) is 17.1 Å². The minimum Gasteiger partial charge on any atom is -0.468 e. The number of hydrogen-bond acceptors (Lipinski definition) is 6. The second-order valence-electron chi connectivity index (χ2n) is 5.46. The topological polar surface area (TPSA) is 64.1 Å². The largest absolute Gasteiger partial charge is 0.468 e. The SMILES string of the molecule is CCCNc1cc(SCC(=O)OC)nc(C(C)(C)C)n1. The molecule has 0 saturated heterocycles. The summed E-state index contributed by atoms with van der Waals surface area (Å²) in [5.74, 6) is 1.57. The summed E-state index contributed by atoms with van der Waals surface area (Å²) in [6, 6.07) is 1.87. The van der Waals surface area contributed by atoms with E-state index in [9.17, 15) is 4.79 Å². The highest BCUT2D eigenvalue weighted by molar-refractivity contribution is 7.99. The Morgan fingerprint density at radius 1 is 1.40 bits per heavy atom. The fourth-order valence-corrected chi connectivity index (χ4v) is 2.10. The highest BCUT2D eigenvalue weighted by atomic mass is 32.2. The molecule has 1 heterocycles. The zero-order valence-electron chi connectivity index (χ0n) is 12.8. The van der Waals surface area contributed by atoms with Crippen molar-refractivity contribution >= 4 is 23.5 Å². The van der Waals surface area contributed by atoms with E-state index >= 15 is 0 Å². The van der Waals surface area contributed by atoms with E-state index in [2.05, 4.69) is 47.7 Å². The van der Waals surface area contributed by atoms with Crippen molar-refractivity contribution in [2.45, 2.75) is 44.6 Å². The van der Waals surface area contributed by atoms with Crippen LogP contribution in [0.25, 0.3) is 0 Å². The molecule has 0 spiro atoms. The fourth-order valence-electron chi connectivity index (χ4n) is 1.37. The van der Waals surface area contributed by atoms with Gasteiger partial charge in [0.25, 0.3) is 0 Å². The highest BCUT2D eigenvalue weighted by Gasteiger charge is 2.19. The number of ether oxygens (including phenoxy) is 1. The standard InChI is InChI=1S/C14H23N3O2S/c1-6-7-15-10-8-11(20-9-12(18)19-5)17-13(16-10)14(2,3)4/h8H,6-7,9H2,1-5H3,(H,15,16,17). The predicted molar refractivity (Wildman–Crippen MR) is 82.3 cm³/mol. The van der Waals surface area contributed by atoms with Crippen molar-refractivity contribution in [2.75, 3.05) is 24.7 Å². The molecule has 0 aliphatic rings. The monoisotopic (exact) mass is 297 g/mol. The number of nitrogens with zero attached hydrogens (tertiary/aromatic N) is 2. The molecule has 1 aromatic rings. The second kappa shape index (κ2) is 7.47. The zero-order chi connectivity index (χ0) is 15.2. The van der Waals surface area contributed by atoms with E-state index in [1.54, 1.807) is 0 Å². The quantitative estimate of drug-likeness (QED) is 0.495. The van der Waals surface area contributed by atoms with Crippen LogP contribution < -0.4 is 5.32 Å². The van der Waals surface area contributed by atoms with Crippen LogP contribution in [0.4, 0.5) is 5.82 Å². The minimum absolute atomic E-state index is 0.134. The Morgan fingerprint density at radius 2 is 2.10 bits per heavy atom. The minimum atomic E-state index is -0.256. The number of thioether (sulfide) groups is 1. The molecule has 0 fully saturated rings. The van der Waals surface area contributed by atoms with Crippen molar-refractivity contribution < 1.29 is 9.53 Å². The molecule has 6 heteroatoms. The number of carbonyl (C=O) groups is 1. The lowest BCUT2D eigenvalue weighted by atomic mass is 9.96. The summed E-state index contributed by atoms with van der Waals surface area (Å²) in [4.78, 5) is 20.3. The van der Waals surface area contributed by atoms with Crippen LogP contribution in [-0.2, 0) is 14.9 Å². The third kappa shape index (κ3) is 5.36. The van der Waals surface area contributed by atoms with Gasteiger partial charge in [0.05, 0.1) is 12.9 Å². The van der Waals surface area contributed by atoms with Gasteiger partial charge in [-0.2, -0.15) is 0 Å². The number of hydrogen-bond donors (Lipinski definition) is 1. The molecule has 0 aliphatic carbocycles. The maximum absolute atomic E-state index is 11.2. The highest BCUT2D eigenvalue weighted by Crippen LogP contribution is 2.25. The molecule has 0 atom stereocenters. The van der Waals surface area contributed by atoms with Crippen molar-refractivity contribution in [3.8, 4) is 0 Å². The number of esters is 1. The predicted octanol–water partition coefficient (Wildman–Crippen LogP) is 2.86. The van der Waals surface area contributed by atoms with Gasteiger partial charge in [-0.3, -0.25) is 4.79 Å². The second-order valence-corrected chi connectivity index (χ2v) is 6.45. The van der Waals surface area contributed by atoms with Crippen LogP contribution in [0.3, 0.4) is 0 Å². The molecule has 5 nitrogen and oxygen atoms in total. The summed E-state index contributed by atoms with van der Waals surface area (Å²) >= 11 is 1.37. The number of carbonyl (C=O) groups excluding carboxylic acids is 1. The van der Waals surface area contributed by atoms with Crippen molar-refractivity contribution in [3.63, 3.8) is 0 Å². The molecule has 112 valence electrons. The molecule has 0 unspecified atom stereocenters. The van der Waals surface area contributed by atoms with Gasteiger partial charge in [-0.15, -0.1) is 0 Å². The summed E-state index contributed by atoms with van der Waals surface area (Å²) in [5.41, 5.74) is -0.134. The lowest BCUT2D eigenvalue weighted by Crippen LogP contribution is -2.18. The Hall–Kier alpha value is -1.30. The molecular weight excluding hydrogens is 274 g/mol. The normalized spacial score (nSPS) is 11.2. The van der Waals surface area contributed by atoms with Gasteiger partial charge in [-0.05, 0) is 6.42 Å². The summed E-state index contributed by atoms with van der Waals surface area (Å²) in [6.07, 6.45) is 1.03. The average molecular weight is 297 g/mol. The molecule has 1 rings (SSSR count). The summed E-state index contributed by atoms with van der Waals surface area (Å²) in [6.45, 7) is 9.18. The van der Waals surface area contributed by atoms with E-state index < -0.39 is 0 Å². The van der Waals surface area contributed by atoms with Gasteiger partial charge < -0.3 is 10.1 Å². The van der Waals surface area contributed by atoms with Crippen LogP contribution in [0.2, 0.25) is 0 Å². The van der Waals surface area contributed by atoms with Gasteiger partial charge in [0.15, 0.2) is 0 Å². The van der Waals surface area contributed by atoms with Gasteiger partial charge in [0.2, 0.25) is 0 Å². The lowest BCUT2D eigenvalue weighted by molar-refractivity contribution is -0.137. The summed E-state index contributed by atoms with van der Waals surface area (Å²) < 4.78 is 4.65. The molecule has 0 aliphatic heterocycles. The Labute approximate surface area is 124 Å². The Bertz CT molecular complexity index is 458. The maximum atomic E-state index is 11.2. The van der Waals surface area contributed by atoms with Crippen LogP contribution in [0.5, 0.6) is 0 Å². The van der Waals surface area contributed by atoms with Crippen molar-refractivity contribution in [2.24, 2.45) is 0 Å². The van der Waals surface area contributed by atoms with E-state index in [0.29, 0.717) is 0 Å². The van der Waals surface area contributed by atoms with Crippen LogP contribution in [0, 0.1) is 0 Å². The van der Waals surface area contributed by atoms with E-state index in [4.69, 9.17) is 0 Å².